The van der Waals surface area contributed by atoms with Gasteiger partial charge in [-0.05, 0) is 72.9 Å². The van der Waals surface area contributed by atoms with Crippen molar-refractivity contribution in [2.24, 2.45) is 9.98 Å². The van der Waals surface area contributed by atoms with Gasteiger partial charge < -0.3 is 15.0 Å². The van der Waals surface area contributed by atoms with Gasteiger partial charge in [0.15, 0.2) is 0 Å². The van der Waals surface area contributed by atoms with E-state index in [4.69, 9.17) is 9.98 Å². The van der Waals surface area contributed by atoms with Crippen LogP contribution in [-0.4, -0.2) is 26.4 Å². The molecular formula is C22H15N5. The van der Waals surface area contributed by atoms with Crippen molar-refractivity contribution in [2.45, 2.75) is 0 Å². The summed E-state index contributed by atoms with van der Waals surface area (Å²) in [6.45, 7) is 0. The highest BCUT2D eigenvalue weighted by Crippen LogP contribution is 2.14. The Hall–Kier alpha value is -3.86. The number of nitrogens with one attached hydrogen (secondary N) is 3. The molecule has 128 valence electrons. The van der Waals surface area contributed by atoms with Gasteiger partial charge in [0.2, 0.25) is 0 Å². The van der Waals surface area contributed by atoms with Gasteiger partial charge in [0.1, 0.15) is 0 Å². The summed E-state index contributed by atoms with van der Waals surface area (Å²) >= 11 is 0. The number of hydrogen-bond donors (Lipinski definition) is 3. The first-order valence-electron chi connectivity index (χ1n) is 8.85. The largest absolute Gasteiger partial charge is 0.354 e. The third-order valence-corrected chi connectivity index (χ3v) is 4.87. The van der Waals surface area contributed by atoms with Crippen LogP contribution in [0.15, 0.2) is 70.7 Å². The van der Waals surface area contributed by atoms with E-state index in [0.717, 1.165) is 55.6 Å². The smallest absolute Gasteiger partial charge is 0.0873 e. The first-order valence-corrected chi connectivity index (χ1v) is 8.85. The lowest BCUT2D eigenvalue weighted by Crippen LogP contribution is -2.12. The molecule has 3 N–H and O–H groups in total. The quantitative estimate of drug-likeness (QED) is 0.531. The molecule has 0 unspecified atom stereocenters. The average Bonchev–Trinajstić information content (AvgIpc) is 3.46. The van der Waals surface area contributed by atoms with Crippen LogP contribution in [0.4, 0.5) is 0 Å². The summed E-state index contributed by atoms with van der Waals surface area (Å²) in [4.78, 5) is 19.8. The number of rotatable bonds is 0. The minimum absolute atomic E-state index is 0.924. The number of aromatic nitrogens is 3. The van der Waals surface area contributed by atoms with Crippen molar-refractivity contribution < 1.29 is 0 Å². The Bertz CT molecular complexity index is 1460. The predicted molar refractivity (Wildman–Crippen MR) is 108 cm³/mol. The van der Waals surface area contributed by atoms with Crippen LogP contribution < -0.4 is 21.4 Å². The normalized spacial score (nSPS) is 16.7. The Labute approximate surface area is 153 Å². The first-order chi connectivity index (χ1) is 13.3. The fourth-order valence-corrected chi connectivity index (χ4v) is 3.53. The number of aliphatic imine (C=N–C) groups is 2. The third kappa shape index (κ3) is 2.40. The number of aromatic amines is 3. The second kappa shape index (κ2) is 5.32. The average molecular weight is 349 g/mol. The molecule has 5 heteroatoms. The van der Waals surface area contributed by atoms with Gasteiger partial charge in [-0.25, -0.2) is 9.98 Å². The van der Waals surface area contributed by atoms with Crippen molar-refractivity contribution in [3.05, 3.63) is 93.5 Å². The summed E-state index contributed by atoms with van der Waals surface area (Å²) < 4.78 is 0. The molecule has 0 aliphatic carbocycles. The zero-order chi connectivity index (χ0) is 17.8. The van der Waals surface area contributed by atoms with E-state index in [0.29, 0.717) is 0 Å². The molecule has 5 nitrogen and oxygen atoms in total. The molecule has 6 rings (SSSR count). The minimum atomic E-state index is 0.924. The molecule has 0 spiro atoms. The maximum absolute atomic E-state index is 4.77. The van der Waals surface area contributed by atoms with Crippen molar-refractivity contribution in [2.75, 3.05) is 0 Å². The van der Waals surface area contributed by atoms with Gasteiger partial charge in [0.05, 0.1) is 39.2 Å². The molecule has 3 aromatic heterocycles. The molecule has 0 atom stereocenters. The number of allylic oxidation sites excluding steroid dienone is 2. The van der Waals surface area contributed by atoms with E-state index in [9.17, 15) is 0 Å². The van der Waals surface area contributed by atoms with Crippen molar-refractivity contribution in [1.82, 2.24) is 15.0 Å². The Morgan fingerprint density at radius 2 is 1.33 bits per heavy atom. The van der Waals surface area contributed by atoms with Gasteiger partial charge >= 0.3 is 0 Å². The molecule has 0 saturated heterocycles. The second-order valence-electron chi connectivity index (χ2n) is 6.74. The van der Waals surface area contributed by atoms with Crippen molar-refractivity contribution >= 4 is 35.0 Å². The SMILES string of the molecule is C1=CC2=c3ccc([nH]3)=Cc3ccc([nH]3)C3=NC(=c4ccc([nH]4)=CC1=N2)C=C3. The van der Waals surface area contributed by atoms with Crippen LogP contribution in [0.1, 0.15) is 11.4 Å². The van der Waals surface area contributed by atoms with Crippen LogP contribution in [-0.2, 0) is 0 Å². The summed E-state index contributed by atoms with van der Waals surface area (Å²) in [5.41, 5.74) is 5.75. The molecule has 27 heavy (non-hydrogen) atoms. The zero-order valence-electron chi connectivity index (χ0n) is 14.3. The van der Waals surface area contributed by atoms with E-state index in [1.165, 1.54) is 0 Å². The molecule has 0 saturated carbocycles. The Kier molecular flexibility index (Phi) is 2.82. The first kappa shape index (κ1) is 14.3. The van der Waals surface area contributed by atoms with Gasteiger partial charge in [0.25, 0.3) is 0 Å². The summed E-state index contributed by atoms with van der Waals surface area (Å²) in [6.07, 6.45) is 12.3. The highest BCUT2D eigenvalue weighted by atomic mass is 14.9. The number of hydrogen-bond acceptors (Lipinski definition) is 2. The molecule has 0 amide bonds. The van der Waals surface area contributed by atoms with E-state index in [-0.39, 0.29) is 0 Å². The lowest BCUT2D eigenvalue weighted by atomic mass is 10.3. The van der Waals surface area contributed by atoms with Crippen molar-refractivity contribution in [3.8, 4) is 0 Å². The molecular weight excluding hydrogens is 334 g/mol. The van der Waals surface area contributed by atoms with Gasteiger partial charge in [-0.15, -0.1) is 0 Å². The monoisotopic (exact) mass is 349 g/mol. The highest BCUT2D eigenvalue weighted by molar-refractivity contribution is 6.21. The van der Waals surface area contributed by atoms with Crippen LogP contribution in [0.2, 0.25) is 0 Å². The van der Waals surface area contributed by atoms with E-state index in [1.54, 1.807) is 0 Å². The Morgan fingerprint density at radius 3 is 2.19 bits per heavy atom. The molecule has 0 radical (unpaired) electrons. The van der Waals surface area contributed by atoms with Crippen molar-refractivity contribution in [3.63, 3.8) is 0 Å². The zero-order valence-corrected chi connectivity index (χ0v) is 14.3. The summed E-state index contributed by atoms with van der Waals surface area (Å²) in [6, 6.07) is 12.3. The summed E-state index contributed by atoms with van der Waals surface area (Å²) in [7, 11) is 0. The second-order valence-corrected chi connectivity index (χ2v) is 6.74. The van der Waals surface area contributed by atoms with E-state index >= 15 is 0 Å². The lowest BCUT2D eigenvalue weighted by Gasteiger charge is -1.93. The van der Waals surface area contributed by atoms with Crippen molar-refractivity contribution in [1.29, 1.82) is 0 Å². The van der Waals surface area contributed by atoms with Crippen LogP contribution in [0.25, 0.3) is 23.5 Å². The van der Waals surface area contributed by atoms with Crippen LogP contribution in [0, 0.1) is 0 Å². The molecule has 0 fully saturated rings. The number of H-pyrrole nitrogens is 3. The van der Waals surface area contributed by atoms with Crippen LogP contribution in [0.3, 0.4) is 0 Å². The number of nitrogens with zero attached hydrogens (tertiary/aromatic N) is 2. The van der Waals surface area contributed by atoms with Crippen LogP contribution >= 0.6 is 0 Å². The van der Waals surface area contributed by atoms with Gasteiger partial charge in [-0.3, -0.25) is 0 Å². The standard InChI is InChI=1S/C22H15N5/c1-5-17-18-6-2-14(24-18)12-16-4-8-20(26-16)22-10-9-21(27-22)19-7-3-15(25-19)11-13(1)23-17/h1-12,23,25-26H. The topological polar surface area (TPSA) is 72.1 Å². The highest BCUT2D eigenvalue weighted by Gasteiger charge is 2.10. The summed E-state index contributed by atoms with van der Waals surface area (Å²) in [5.74, 6) is 0. The fraction of sp³-hybridized carbons (Fsp3) is 0. The molecule has 3 aromatic rings. The van der Waals surface area contributed by atoms with Crippen LogP contribution in [0.5, 0.6) is 0 Å². The van der Waals surface area contributed by atoms with Gasteiger partial charge in [0, 0.05) is 16.4 Å². The van der Waals surface area contributed by atoms with E-state index < -0.39 is 0 Å². The maximum Gasteiger partial charge on any atom is 0.0873 e. The molecule has 3 aliphatic heterocycles. The predicted octanol–water partition coefficient (Wildman–Crippen LogP) is 0.580. The van der Waals surface area contributed by atoms with E-state index in [2.05, 4.69) is 57.4 Å². The lowest BCUT2D eigenvalue weighted by molar-refractivity contribution is 1.24. The van der Waals surface area contributed by atoms with Gasteiger partial charge in [-0.1, -0.05) is 0 Å². The van der Waals surface area contributed by atoms with Gasteiger partial charge in [-0.2, -0.15) is 0 Å². The Balaban J connectivity index is 1.66. The molecule has 3 aliphatic rings. The molecule has 0 aromatic carbocycles. The third-order valence-electron chi connectivity index (χ3n) is 4.87. The van der Waals surface area contributed by atoms with E-state index in [1.807, 2.05) is 30.4 Å². The summed E-state index contributed by atoms with van der Waals surface area (Å²) in [5, 5.41) is 4.04. The maximum atomic E-state index is 4.77. The molecule has 6 heterocycles. The molecule has 10 bridgehead atoms. The fourth-order valence-electron chi connectivity index (χ4n) is 3.53. The number of fused-ring (bicyclic) bond motifs is 9. The minimum Gasteiger partial charge on any atom is -0.354 e. The Morgan fingerprint density at radius 1 is 0.593 bits per heavy atom.